The highest BCUT2D eigenvalue weighted by molar-refractivity contribution is 9.10. The second kappa shape index (κ2) is 5.52. The largest absolute Gasteiger partial charge is 0.470 e. The summed E-state index contributed by atoms with van der Waals surface area (Å²) in [6.07, 6.45) is 0. The van der Waals surface area contributed by atoms with Crippen molar-refractivity contribution in [2.75, 3.05) is 23.9 Å². The zero-order valence-electron chi connectivity index (χ0n) is 16.3. The molecule has 6 heteroatoms. The predicted octanol–water partition coefficient (Wildman–Crippen LogP) is 3.98. The fourth-order valence-electron chi connectivity index (χ4n) is 5.46. The van der Waals surface area contributed by atoms with E-state index in [2.05, 4.69) is 15.9 Å². The lowest BCUT2D eigenvalue weighted by molar-refractivity contribution is -0.142. The SMILES string of the molecule is CN1C(=O)C2(Oc3ccc(Br)cc3C23C(=O)N(C)c2ccccc23)c2ccccc21. The average molecular weight is 461 g/mol. The lowest BCUT2D eigenvalue weighted by Gasteiger charge is -2.37. The third-order valence-electron chi connectivity index (χ3n) is 6.68. The Morgan fingerprint density at radius 1 is 0.767 bits per heavy atom. The molecule has 0 saturated carbocycles. The zero-order chi connectivity index (χ0) is 20.8. The predicted molar refractivity (Wildman–Crippen MR) is 117 cm³/mol. The van der Waals surface area contributed by atoms with Crippen LogP contribution in [0, 0.1) is 0 Å². The molecule has 3 aromatic carbocycles. The van der Waals surface area contributed by atoms with Crippen molar-refractivity contribution in [2.24, 2.45) is 0 Å². The minimum atomic E-state index is -1.50. The summed E-state index contributed by atoms with van der Waals surface area (Å²) in [7, 11) is 3.50. The van der Waals surface area contributed by atoms with Gasteiger partial charge in [-0.05, 0) is 30.3 Å². The second-order valence-corrected chi connectivity index (χ2v) is 8.85. The van der Waals surface area contributed by atoms with Crippen LogP contribution in [0.4, 0.5) is 11.4 Å². The number of halogens is 1. The molecule has 0 radical (unpaired) electrons. The van der Waals surface area contributed by atoms with Gasteiger partial charge in [-0.3, -0.25) is 9.59 Å². The second-order valence-electron chi connectivity index (χ2n) is 7.94. The van der Waals surface area contributed by atoms with Crippen LogP contribution in [0.25, 0.3) is 0 Å². The topological polar surface area (TPSA) is 49.9 Å². The maximum Gasteiger partial charge on any atom is 0.277 e. The molecule has 3 aromatic rings. The van der Waals surface area contributed by atoms with Crippen LogP contribution < -0.4 is 14.5 Å². The number of nitrogens with zero attached hydrogens (tertiary/aromatic N) is 2. The molecule has 2 unspecified atom stereocenters. The van der Waals surface area contributed by atoms with E-state index < -0.39 is 11.0 Å². The molecule has 0 aliphatic carbocycles. The minimum absolute atomic E-state index is 0.168. The monoisotopic (exact) mass is 460 g/mol. The van der Waals surface area contributed by atoms with Crippen LogP contribution in [0.5, 0.6) is 5.75 Å². The Morgan fingerprint density at radius 3 is 2.10 bits per heavy atom. The molecule has 148 valence electrons. The summed E-state index contributed by atoms with van der Waals surface area (Å²) in [5.74, 6) is 0.142. The van der Waals surface area contributed by atoms with Gasteiger partial charge in [0.2, 0.25) is 11.5 Å². The Balaban J connectivity index is 1.82. The lowest BCUT2D eigenvalue weighted by atomic mass is 9.63. The number of anilines is 2. The Morgan fingerprint density at radius 2 is 1.37 bits per heavy atom. The van der Waals surface area contributed by atoms with E-state index in [9.17, 15) is 9.59 Å². The van der Waals surface area contributed by atoms with E-state index in [0.717, 1.165) is 21.4 Å². The standard InChI is InChI=1S/C24H17BrN2O3/c1-26-18-9-5-3-7-15(18)23(21(26)28)17-13-14(25)11-12-20(17)30-24(23)16-8-4-6-10-19(16)27(2)22(24)29/h3-13H,1-2H3. The van der Waals surface area contributed by atoms with Crippen LogP contribution in [-0.4, -0.2) is 25.9 Å². The molecule has 30 heavy (non-hydrogen) atoms. The fourth-order valence-corrected chi connectivity index (χ4v) is 5.82. The summed E-state index contributed by atoms with van der Waals surface area (Å²) in [5.41, 5.74) is 0.939. The van der Waals surface area contributed by atoms with E-state index in [0.29, 0.717) is 16.9 Å². The van der Waals surface area contributed by atoms with Gasteiger partial charge in [0.15, 0.2) is 5.41 Å². The van der Waals surface area contributed by atoms with Gasteiger partial charge in [-0.2, -0.15) is 0 Å². The van der Waals surface area contributed by atoms with Gasteiger partial charge >= 0.3 is 0 Å². The van der Waals surface area contributed by atoms with Gasteiger partial charge in [-0.15, -0.1) is 0 Å². The highest BCUT2D eigenvalue weighted by Gasteiger charge is 2.76. The number of para-hydroxylation sites is 2. The first-order valence-corrected chi connectivity index (χ1v) is 10.5. The number of hydrogen-bond donors (Lipinski definition) is 0. The summed E-state index contributed by atoms with van der Waals surface area (Å²) in [4.78, 5) is 31.4. The van der Waals surface area contributed by atoms with Crippen LogP contribution in [0.1, 0.15) is 16.7 Å². The highest BCUT2D eigenvalue weighted by atomic mass is 79.9. The first-order valence-electron chi connectivity index (χ1n) is 9.69. The molecule has 5 nitrogen and oxygen atoms in total. The van der Waals surface area contributed by atoms with Crippen LogP contribution in [0.15, 0.2) is 71.2 Å². The molecule has 0 bridgehead atoms. The van der Waals surface area contributed by atoms with Crippen molar-refractivity contribution >= 4 is 39.1 Å². The van der Waals surface area contributed by atoms with E-state index in [-0.39, 0.29) is 11.8 Å². The molecular weight excluding hydrogens is 444 g/mol. The molecule has 0 fully saturated rings. The zero-order valence-corrected chi connectivity index (χ0v) is 17.9. The maximum absolute atomic E-state index is 14.1. The summed E-state index contributed by atoms with van der Waals surface area (Å²) < 4.78 is 7.40. The third kappa shape index (κ3) is 1.68. The Hall–Kier alpha value is -3.12. The summed E-state index contributed by atoms with van der Waals surface area (Å²) in [6.45, 7) is 0. The van der Waals surface area contributed by atoms with Gasteiger partial charge < -0.3 is 14.5 Å². The first kappa shape index (κ1) is 17.7. The van der Waals surface area contributed by atoms with Crippen molar-refractivity contribution in [1.82, 2.24) is 0 Å². The third-order valence-corrected chi connectivity index (χ3v) is 7.18. The van der Waals surface area contributed by atoms with Gasteiger partial charge in [0.05, 0.1) is 5.69 Å². The number of fused-ring (bicyclic) bond motifs is 7. The summed E-state index contributed by atoms with van der Waals surface area (Å²) >= 11 is 3.55. The van der Waals surface area contributed by atoms with E-state index in [1.54, 1.807) is 23.9 Å². The smallest absolute Gasteiger partial charge is 0.277 e. The first-order chi connectivity index (χ1) is 14.4. The van der Waals surface area contributed by atoms with Gasteiger partial charge in [-0.25, -0.2) is 0 Å². The highest BCUT2D eigenvalue weighted by Crippen LogP contribution is 2.66. The van der Waals surface area contributed by atoms with Crippen molar-refractivity contribution in [3.63, 3.8) is 0 Å². The molecule has 2 atom stereocenters. The summed E-state index contributed by atoms with van der Waals surface area (Å²) in [6, 6.07) is 20.9. The molecule has 3 aliphatic heterocycles. The molecule has 3 aliphatic rings. The summed E-state index contributed by atoms with van der Waals surface area (Å²) in [5, 5.41) is 0. The number of carbonyl (C=O) groups excluding carboxylic acids is 2. The quantitative estimate of drug-likeness (QED) is 0.509. The molecule has 3 heterocycles. The van der Waals surface area contributed by atoms with Gasteiger partial charge in [0.25, 0.3) is 5.91 Å². The number of likely N-dealkylation sites (N-methyl/N-ethyl adjacent to an activating group) is 2. The van der Waals surface area contributed by atoms with Crippen LogP contribution in [0.2, 0.25) is 0 Å². The van der Waals surface area contributed by atoms with Gasteiger partial charge in [0, 0.05) is 40.9 Å². The minimum Gasteiger partial charge on any atom is -0.470 e. The maximum atomic E-state index is 14.1. The lowest BCUT2D eigenvalue weighted by Crippen LogP contribution is -2.59. The molecular formula is C24H17BrN2O3. The van der Waals surface area contributed by atoms with E-state index >= 15 is 0 Å². The van der Waals surface area contributed by atoms with Crippen LogP contribution in [0.3, 0.4) is 0 Å². The molecule has 0 saturated heterocycles. The van der Waals surface area contributed by atoms with Crippen LogP contribution in [-0.2, 0) is 20.6 Å². The van der Waals surface area contributed by atoms with Gasteiger partial charge in [-0.1, -0.05) is 52.3 Å². The number of benzene rings is 3. The van der Waals surface area contributed by atoms with E-state index in [1.807, 2.05) is 66.7 Å². The van der Waals surface area contributed by atoms with Gasteiger partial charge in [0.1, 0.15) is 5.75 Å². The van der Waals surface area contributed by atoms with Crippen molar-refractivity contribution in [3.8, 4) is 5.75 Å². The van der Waals surface area contributed by atoms with Crippen LogP contribution >= 0.6 is 15.9 Å². The molecule has 2 spiro atoms. The van der Waals surface area contributed by atoms with E-state index in [1.165, 1.54) is 0 Å². The number of ether oxygens (including phenoxy) is 1. The molecule has 6 rings (SSSR count). The van der Waals surface area contributed by atoms with Crippen molar-refractivity contribution in [3.05, 3.63) is 87.9 Å². The number of rotatable bonds is 0. The van der Waals surface area contributed by atoms with Crippen molar-refractivity contribution < 1.29 is 14.3 Å². The number of hydrogen-bond acceptors (Lipinski definition) is 3. The van der Waals surface area contributed by atoms with Crippen molar-refractivity contribution in [2.45, 2.75) is 11.0 Å². The fraction of sp³-hybridized carbons (Fsp3) is 0.167. The molecule has 0 N–H and O–H groups in total. The number of carbonyl (C=O) groups is 2. The van der Waals surface area contributed by atoms with E-state index in [4.69, 9.17) is 4.74 Å². The Labute approximate surface area is 182 Å². The van der Waals surface area contributed by atoms with Crippen molar-refractivity contribution in [1.29, 1.82) is 0 Å². The Kier molecular flexibility index (Phi) is 3.26. The Bertz CT molecular complexity index is 1290. The number of amides is 2. The average Bonchev–Trinajstić information content (AvgIpc) is 3.28. The molecule has 2 amide bonds. The molecule has 0 aromatic heterocycles. The normalized spacial score (nSPS) is 25.7.